The first-order valence-corrected chi connectivity index (χ1v) is 7.41. The van der Waals surface area contributed by atoms with Gasteiger partial charge in [-0.1, -0.05) is 12.8 Å². The Morgan fingerprint density at radius 3 is 2.53 bits per heavy atom. The summed E-state index contributed by atoms with van der Waals surface area (Å²) in [6.07, 6.45) is 5.23. The summed E-state index contributed by atoms with van der Waals surface area (Å²) in [7, 11) is 0. The van der Waals surface area contributed by atoms with Gasteiger partial charge in [-0.15, -0.1) is 0 Å². The van der Waals surface area contributed by atoms with Crippen molar-refractivity contribution in [1.82, 2.24) is 9.80 Å². The van der Waals surface area contributed by atoms with Crippen molar-refractivity contribution in [2.45, 2.75) is 50.7 Å². The fourth-order valence-corrected chi connectivity index (χ4v) is 3.67. The van der Waals surface area contributed by atoms with E-state index in [2.05, 4.69) is 0 Å². The van der Waals surface area contributed by atoms with Gasteiger partial charge in [0.2, 0.25) is 11.8 Å². The molecule has 0 aromatic rings. The number of hydrogen-bond donors (Lipinski definition) is 1. The van der Waals surface area contributed by atoms with E-state index in [0.717, 1.165) is 12.8 Å². The Labute approximate surface area is 113 Å². The quantitative estimate of drug-likeness (QED) is 0.785. The molecule has 3 aliphatic rings. The maximum Gasteiger partial charge on any atom is 0.228 e. The molecule has 1 saturated carbocycles. The summed E-state index contributed by atoms with van der Waals surface area (Å²) < 4.78 is 0. The van der Waals surface area contributed by atoms with Crippen LogP contribution in [0.15, 0.2) is 0 Å². The molecule has 1 unspecified atom stereocenters. The third-order valence-electron chi connectivity index (χ3n) is 4.75. The maximum atomic E-state index is 12.3. The van der Waals surface area contributed by atoms with E-state index in [9.17, 15) is 14.7 Å². The van der Waals surface area contributed by atoms with Crippen LogP contribution in [0.5, 0.6) is 0 Å². The van der Waals surface area contributed by atoms with Gasteiger partial charge in [0.15, 0.2) is 0 Å². The fourth-order valence-electron chi connectivity index (χ4n) is 3.67. The Balaban J connectivity index is 1.61. The Morgan fingerprint density at radius 2 is 1.89 bits per heavy atom. The number of hydrogen-bond acceptors (Lipinski definition) is 3. The summed E-state index contributed by atoms with van der Waals surface area (Å²) >= 11 is 0. The number of amides is 2. The Kier molecular flexibility index (Phi) is 3.48. The Morgan fingerprint density at radius 1 is 1.16 bits per heavy atom. The third-order valence-corrected chi connectivity index (χ3v) is 4.75. The number of rotatable bonds is 2. The van der Waals surface area contributed by atoms with Gasteiger partial charge in [-0.05, 0) is 19.3 Å². The maximum absolute atomic E-state index is 12.3. The van der Waals surface area contributed by atoms with Crippen molar-refractivity contribution in [3.8, 4) is 0 Å². The van der Waals surface area contributed by atoms with Crippen LogP contribution in [-0.2, 0) is 9.59 Å². The van der Waals surface area contributed by atoms with Crippen LogP contribution in [0.4, 0.5) is 0 Å². The van der Waals surface area contributed by atoms with Gasteiger partial charge in [0.05, 0.1) is 12.0 Å². The molecule has 3 fully saturated rings. The molecule has 0 spiro atoms. The average Bonchev–Trinajstić information content (AvgIpc) is 3.07. The molecule has 106 valence electrons. The highest BCUT2D eigenvalue weighted by molar-refractivity contribution is 5.89. The standard InChI is InChI=1S/C14H22N2O3/c17-12-5-6-15(9-12)14(19)10-7-13(18)16(8-10)11-3-1-2-4-11/h10-12,17H,1-9H2/t10?,12-/m0/s1. The number of carbonyl (C=O) groups excluding carboxylic acids is 2. The molecule has 0 bridgehead atoms. The van der Waals surface area contributed by atoms with E-state index in [1.165, 1.54) is 12.8 Å². The Hall–Kier alpha value is -1.10. The first-order chi connectivity index (χ1) is 9.15. The van der Waals surface area contributed by atoms with Gasteiger partial charge < -0.3 is 14.9 Å². The Bertz CT molecular complexity index is 379. The molecule has 1 N–H and O–H groups in total. The number of aliphatic hydroxyl groups is 1. The van der Waals surface area contributed by atoms with Gasteiger partial charge in [-0.3, -0.25) is 9.59 Å². The predicted octanol–water partition coefficient (Wildman–Crippen LogP) is 0.371. The smallest absolute Gasteiger partial charge is 0.228 e. The summed E-state index contributed by atoms with van der Waals surface area (Å²) in [5, 5.41) is 9.50. The van der Waals surface area contributed by atoms with E-state index in [4.69, 9.17) is 0 Å². The minimum absolute atomic E-state index is 0.0606. The molecule has 2 atom stereocenters. The van der Waals surface area contributed by atoms with Crippen LogP contribution in [-0.4, -0.2) is 58.5 Å². The summed E-state index contributed by atoms with van der Waals surface area (Å²) in [5.74, 6) is 0.0220. The second-order valence-corrected chi connectivity index (χ2v) is 6.11. The first kappa shape index (κ1) is 12.9. The van der Waals surface area contributed by atoms with Crippen molar-refractivity contribution >= 4 is 11.8 Å². The zero-order valence-corrected chi connectivity index (χ0v) is 11.3. The highest BCUT2D eigenvalue weighted by atomic mass is 16.3. The molecular formula is C14H22N2O3. The minimum Gasteiger partial charge on any atom is -0.391 e. The molecule has 2 amide bonds. The number of aliphatic hydroxyl groups excluding tert-OH is 1. The molecule has 19 heavy (non-hydrogen) atoms. The van der Waals surface area contributed by atoms with Crippen LogP contribution in [0.1, 0.15) is 38.5 Å². The molecule has 5 nitrogen and oxygen atoms in total. The van der Waals surface area contributed by atoms with Crippen LogP contribution in [0.25, 0.3) is 0 Å². The van der Waals surface area contributed by atoms with Crippen molar-refractivity contribution in [3.05, 3.63) is 0 Å². The van der Waals surface area contributed by atoms with Crippen LogP contribution in [0.3, 0.4) is 0 Å². The molecule has 0 radical (unpaired) electrons. The van der Waals surface area contributed by atoms with Crippen LogP contribution in [0.2, 0.25) is 0 Å². The molecular weight excluding hydrogens is 244 g/mol. The van der Waals surface area contributed by atoms with Gasteiger partial charge >= 0.3 is 0 Å². The third kappa shape index (κ3) is 2.48. The highest BCUT2D eigenvalue weighted by Gasteiger charge is 2.41. The van der Waals surface area contributed by atoms with E-state index in [0.29, 0.717) is 38.5 Å². The molecule has 5 heteroatoms. The van der Waals surface area contributed by atoms with Crippen molar-refractivity contribution in [2.75, 3.05) is 19.6 Å². The second kappa shape index (κ2) is 5.12. The van der Waals surface area contributed by atoms with Crippen LogP contribution < -0.4 is 0 Å². The van der Waals surface area contributed by atoms with E-state index < -0.39 is 0 Å². The van der Waals surface area contributed by atoms with E-state index >= 15 is 0 Å². The topological polar surface area (TPSA) is 60.9 Å². The number of nitrogens with zero attached hydrogens (tertiary/aromatic N) is 2. The summed E-state index contributed by atoms with van der Waals surface area (Å²) in [6, 6.07) is 0.370. The number of likely N-dealkylation sites (tertiary alicyclic amines) is 2. The van der Waals surface area contributed by atoms with Crippen LogP contribution >= 0.6 is 0 Å². The molecule has 1 aliphatic carbocycles. The highest BCUT2D eigenvalue weighted by Crippen LogP contribution is 2.30. The SMILES string of the molecule is O=C(C1CC(=O)N(C2CCCC2)C1)N1CC[C@H](O)C1. The van der Waals surface area contributed by atoms with E-state index in [-0.39, 0.29) is 23.8 Å². The summed E-state index contributed by atoms with van der Waals surface area (Å²) in [6.45, 7) is 1.66. The van der Waals surface area contributed by atoms with Gasteiger partial charge in [0.1, 0.15) is 0 Å². The van der Waals surface area contributed by atoms with Crippen LogP contribution in [0, 0.1) is 5.92 Å². The molecule has 0 aromatic heterocycles. The molecule has 0 aromatic carbocycles. The lowest BCUT2D eigenvalue weighted by Gasteiger charge is -2.25. The summed E-state index contributed by atoms with van der Waals surface area (Å²) in [4.78, 5) is 28.1. The molecule has 2 aliphatic heterocycles. The van der Waals surface area contributed by atoms with E-state index in [1.54, 1.807) is 4.90 Å². The lowest BCUT2D eigenvalue weighted by atomic mass is 10.1. The van der Waals surface area contributed by atoms with Crippen molar-refractivity contribution < 1.29 is 14.7 Å². The molecule has 2 saturated heterocycles. The summed E-state index contributed by atoms with van der Waals surface area (Å²) in [5.41, 5.74) is 0. The molecule has 3 rings (SSSR count). The van der Waals surface area contributed by atoms with Gasteiger partial charge in [-0.25, -0.2) is 0 Å². The lowest BCUT2D eigenvalue weighted by Crippen LogP contribution is -2.38. The van der Waals surface area contributed by atoms with Gasteiger partial charge in [-0.2, -0.15) is 0 Å². The van der Waals surface area contributed by atoms with Crippen molar-refractivity contribution in [1.29, 1.82) is 0 Å². The number of carbonyl (C=O) groups is 2. The van der Waals surface area contributed by atoms with Crippen molar-refractivity contribution in [2.24, 2.45) is 5.92 Å². The fraction of sp³-hybridized carbons (Fsp3) is 0.857. The zero-order valence-electron chi connectivity index (χ0n) is 11.3. The monoisotopic (exact) mass is 266 g/mol. The zero-order chi connectivity index (χ0) is 13.4. The van der Waals surface area contributed by atoms with E-state index in [1.807, 2.05) is 4.90 Å². The van der Waals surface area contributed by atoms with Gasteiger partial charge in [0, 0.05) is 32.1 Å². The van der Waals surface area contributed by atoms with Gasteiger partial charge in [0.25, 0.3) is 0 Å². The van der Waals surface area contributed by atoms with Crippen molar-refractivity contribution in [3.63, 3.8) is 0 Å². The predicted molar refractivity (Wildman–Crippen MR) is 69.3 cm³/mol. The largest absolute Gasteiger partial charge is 0.391 e. The lowest BCUT2D eigenvalue weighted by molar-refractivity contribution is -0.135. The number of β-amino-alcohol motifs (C(OH)–C–C–N with tert-alkyl or cyclic N) is 1. The first-order valence-electron chi connectivity index (χ1n) is 7.41. The minimum atomic E-state index is -0.382. The average molecular weight is 266 g/mol. The normalized spacial score (nSPS) is 32.6. The molecule has 2 heterocycles. The second-order valence-electron chi connectivity index (χ2n) is 6.11.